The van der Waals surface area contributed by atoms with Gasteiger partial charge >= 0.3 is 5.97 Å². The van der Waals surface area contributed by atoms with Crippen LogP contribution < -0.4 is 5.32 Å². The fourth-order valence-corrected chi connectivity index (χ4v) is 3.56. The zero-order valence-corrected chi connectivity index (χ0v) is 15.1. The molecule has 132 valence electrons. The summed E-state index contributed by atoms with van der Waals surface area (Å²) in [5.41, 5.74) is 3.67. The monoisotopic (exact) mass is 366 g/mol. The average molecular weight is 366 g/mol. The van der Waals surface area contributed by atoms with Crippen LogP contribution in [0.25, 0.3) is 17.0 Å². The first-order valence-corrected chi connectivity index (χ1v) is 9.32. The first-order chi connectivity index (χ1) is 12.7. The molecule has 1 atom stereocenters. The third-order valence-electron chi connectivity index (χ3n) is 4.12. The molecular weight excluding hydrogens is 348 g/mol. The lowest BCUT2D eigenvalue weighted by Gasteiger charge is -2.15. The van der Waals surface area contributed by atoms with E-state index in [1.165, 1.54) is 11.3 Å². The number of rotatable bonds is 5. The van der Waals surface area contributed by atoms with E-state index in [1.54, 1.807) is 0 Å². The van der Waals surface area contributed by atoms with Gasteiger partial charge < -0.3 is 10.1 Å². The first kappa shape index (κ1) is 16.5. The molecule has 26 heavy (non-hydrogen) atoms. The Morgan fingerprint density at radius 3 is 3.19 bits per heavy atom. The Balaban J connectivity index is 1.46. The average Bonchev–Trinajstić information content (AvgIpc) is 3.29. The highest BCUT2D eigenvalue weighted by molar-refractivity contribution is 7.14. The highest BCUT2D eigenvalue weighted by Gasteiger charge is 2.18. The van der Waals surface area contributed by atoms with Crippen LogP contribution in [0.3, 0.4) is 0 Å². The number of aromatic nitrogens is 3. The maximum Gasteiger partial charge on any atom is 0.313 e. The van der Waals surface area contributed by atoms with E-state index in [4.69, 9.17) is 4.74 Å². The van der Waals surface area contributed by atoms with Gasteiger partial charge in [0.15, 0.2) is 5.13 Å². The number of pyridine rings is 1. The number of carbonyl (C=O) groups excluding carboxylic acids is 1. The summed E-state index contributed by atoms with van der Waals surface area (Å²) in [5, 5.41) is 6.11. The van der Waals surface area contributed by atoms with Crippen LogP contribution in [-0.2, 0) is 9.53 Å². The molecule has 1 aliphatic carbocycles. The quantitative estimate of drug-likeness (QED) is 0.694. The van der Waals surface area contributed by atoms with Crippen LogP contribution in [0, 0.1) is 5.92 Å². The number of fused-ring (bicyclic) bond motifs is 1. The van der Waals surface area contributed by atoms with Gasteiger partial charge in [0.25, 0.3) is 0 Å². The molecule has 0 amide bonds. The van der Waals surface area contributed by atoms with Crippen molar-refractivity contribution >= 4 is 28.1 Å². The van der Waals surface area contributed by atoms with Crippen molar-refractivity contribution in [3.05, 3.63) is 59.9 Å². The largest absolute Gasteiger partial charge is 0.466 e. The topological polar surface area (TPSA) is 68.5 Å². The number of imidazole rings is 1. The molecule has 1 aliphatic rings. The van der Waals surface area contributed by atoms with E-state index in [1.807, 2.05) is 65.5 Å². The number of thiazole rings is 1. The van der Waals surface area contributed by atoms with Crippen molar-refractivity contribution in [2.24, 2.45) is 5.92 Å². The van der Waals surface area contributed by atoms with Crippen molar-refractivity contribution < 1.29 is 9.53 Å². The van der Waals surface area contributed by atoms with E-state index < -0.39 is 0 Å². The summed E-state index contributed by atoms with van der Waals surface area (Å²) in [5.74, 6) is -0.381. The van der Waals surface area contributed by atoms with Gasteiger partial charge in [0.05, 0.1) is 24.4 Å². The van der Waals surface area contributed by atoms with E-state index in [0.717, 1.165) is 27.9 Å². The van der Waals surface area contributed by atoms with Crippen LogP contribution in [0.5, 0.6) is 0 Å². The number of carbonyl (C=O) groups is 1. The molecule has 0 aromatic carbocycles. The number of hydrogen-bond donors (Lipinski definition) is 1. The molecule has 0 saturated carbocycles. The summed E-state index contributed by atoms with van der Waals surface area (Å²) in [6, 6.07) is 5.90. The molecule has 0 saturated heterocycles. The van der Waals surface area contributed by atoms with Crippen LogP contribution in [0.4, 0.5) is 5.13 Å². The van der Waals surface area contributed by atoms with Crippen LogP contribution in [0.2, 0.25) is 0 Å². The molecule has 4 rings (SSSR count). The van der Waals surface area contributed by atoms with E-state index in [-0.39, 0.29) is 11.9 Å². The van der Waals surface area contributed by atoms with Crippen molar-refractivity contribution in [1.82, 2.24) is 14.4 Å². The molecule has 0 aliphatic heterocycles. The molecule has 0 fully saturated rings. The number of ether oxygens (including phenoxy) is 1. The lowest BCUT2D eigenvalue weighted by molar-refractivity contribution is -0.146. The van der Waals surface area contributed by atoms with Crippen LogP contribution in [0.1, 0.15) is 13.3 Å². The maximum absolute atomic E-state index is 11.8. The lowest BCUT2D eigenvalue weighted by atomic mass is 10.00. The van der Waals surface area contributed by atoms with Crippen molar-refractivity contribution in [1.29, 1.82) is 0 Å². The highest BCUT2D eigenvalue weighted by atomic mass is 32.1. The van der Waals surface area contributed by atoms with Gasteiger partial charge in [0, 0.05) is 17.3 Å². The first-order valence-electron chi connectivity index (χ1n) is 8.44. The van der Waals surface area contributed by atoms with Gasteiger partial charge in [0.2, 0.25) is 0 Å². The predicted molar refractivity (Wildman–Crippen MR) is 102 cm³/mol. The van der Waals surface area contributed by atoms with Gasteiger partial charge in [-0.05, 0) is 31.6 Å². The number of nitrogens with one attached hydrogen (secondary N) is 1. The SMILES string of the molecule is CCOC(=O)C1C=CC(Nc2nc(-c3cnc4ccccn34)cs2)=CC1. The second-order valence-electron chi connectivity index (χ2n) is 5.85. The Kier molecular flexibility index (Phi) is 4.53. The molecule has 3 aromatic heterocycles. The smallest absolute Gasteiger partial charge is 0.313 e. The Labute approximate surface area is 154 Å². The number of hydrogen-bond acceptors (Lipinski definition) is 6. The molecule has 0 radical (unpaired) electrons. The third kappa shape index (κ3) is 3.25. The molecule has 6 nitrogen and oxygen atoms in total. The summed E-state index contributed by atoms with van der Waals surface area (Å²) in [4.78, 5) is 20.8. The van der Waals surface area contributed by atoms with E-state index in [0.29, 0.717) is 13.0 Å². The maximum atomic E-state index is 11.8. The summed E-state index contributed by atoms with van der Waals surface area (Å²) >= 11 is 1.54. The Bertz CT molecular complexity index is 1000. The van der Waals surface area contributed by atoms with Gasteiger partial charge in [-0.25, -0.2) is 9.97 Å². The van der Waals surface area contributed by atoms with E-state index >= 15 is 0 Å². The Morgan fingerprint density at radius 1 is 1.46 bits per heavy atom. The minimum absolute atomic E-state index is 0.178. The van der Waals surface area contributed by atoms with Crippen molar-refractivity contribution in [2.75, 3.05) is 11.9 Å². The van der Waals surface area contributed by atoms with E-state index in [2.05, 4.69) is 15.3 Å². The second-order valence-corrected chi connectivity index (χ2v) is 6.71. The van der Waals surface area contributed by atoms with Gasteiger partial charge in [-0.1, -0.05) is 18.2 Å². The molecular formula is C19H18N4O2S. The summed E-state index contributed by atoms with van der Waals surface area (Å²) in [6.45, 7) is 2.22. The summed E-state index contributed by atoms with van der Waals surface area (Å²) in [7, 11) is 0. The molecule has 0 spiro atoms. The Hall–Kier alpha value is -2.93. The zero-order chi connectivity index (χ0) is 17.9. The molecule has 0 bridgehead atoms. The van der Waals surface area contributed by atoms with Crippen molar-refractivity contribution in [3.63, 3.8) is 0 Å². The molecule has 1 N–H and O–H groups in total. The normalized spacial score (nSPS) is 16.5. The van der Waals surface area contributed by atoms with Gasteiger partial charge in [0.1, 0.15) is 11.3 Å². The molecule has 1 unspecified atom stereocenters. The number of anilines is 1. The van der Waals surface area contributed by atoms with Gasteiger partial charge in [-0.2, -0.15) is 0 Å². The Morgan fingerprint density at radius 2 is 2.38 bits per heavy atom. The van der Waals surface area contributed by atoms with Crippen LogP contribution in [-0.4, -0.2) is 26.9 Å². The summed E-state index contributed by atoms with van der Waals surface area (Å²) < 4.78 is 7.07. The van der Waals surface area contributed by atoms with Crippen LogP contribution >= 0.6 is 11.3 Å². The number of esters is 1. The fourth-order valence-electron chi connectivity index (χ4n) is 2.83. The minimum Gasteiger partial charge on any atom is -0.466 e. The fraction of sp³-hybridized carbons (Fsp3) is 0.211. The van der Waals surface area contributed by atoms with Gasteiger partial charge in [-0.3, -0.25) is 9.20 Å². The predicted octanol–water partition coefficient (Wildman–Crippen LogP) is 3.89. The molecule has 7 heteroatoms. The summed E-state index contributed by atoms with van der Waals surface area (Å²) in [6.07, 6.45) is 10.2. The van der Waals surface area contributed by atoms with Gasteiger partial charge in [-0.15, -0.1) is 11.3 Å². The zero-order valence-electron chi connectivity index (χ0n) is 14.3. The van der Waals surface area contributed by atoms with Crippen LogP contribution in [0.15, 0.2) is 59.9 Å². The minimum atomic E-state index is -0.203. The van der Waals surface area contributed by atoms with E-state index in [9.17, 15) is 4.79 Å². The molecule has 3 heterocycles. The second kappa shape index (κ2) is 7.13. The highest BCUT2D eigenvalue weighted by Crippen LogP contribution is 2.27. The van der Waals surface area contributed by atoms with Crippen molar-refractivity contribution in [3.8, 4) is 11.4 Å². The standard InChI is InChI=1S/C19H18N4O2S/c1-2-25-18(24)13-6-8-14(9-7-13)21-19-22-15(12-26-19)16-11-20-17-5-3-4-10-23(16)17/h3-6,8-13H,2,7H2,1H3,(H,21,22). The van der Waals surface area contributed by atoms with Crippen molar-refractivity contribution in [2.45, 2.75) is 13.3 Å². The number of allylic oxidation sites excluding steroid dienone is 2. The number of nitrogens with zero attached hydrogens (tertiary/aromatic N) is 3. The lowest BCUT2D eigenvalue weighted by Crippen LogP contribution is -2.17. The third-order valence-corrected chi connectivity index (χ3v) is 4.88. The molecule has 3 aromatic rings.